The number of rotatable bonds is 5. The van der Waals surface area contributed by atoms with Crippen LogP contribution >= 0.6 is 23.2 Å². The van der Waals surface area contributed by atoms with Crippen LogP contribution in [0, 0.1) is 0 Å². The number of benzene rings is 3. The lowest BCUT2D eigenvalue weighted by Gasteiger charge is -2.09. The Hall–Kier alpha value is -2.16. The van der Waals surface area contributed by atoms with Gasteiger partial charge in [-0.3, -0.25) is 0 Å². The first kappa shape index (κ1) is 15.7. The Labute approximate surface area is 145 Å². The van der Waals surface area contributed by atoms with E-state index in [2.05, 4.69) is 5.32 Å². The fourth-order valence-electron chi connectivity index (χ4n) is 2.11. The van der Waals surface area contributed by atoms with Crippen molar-refractivity contribution in [3.05, 3.63) is 88.4 Å². The first-order valence-corrected chi connectivity index (χ1v) is 7.97. The fourth-order valence-corrected chi connectivity index (χ4v) is 2.41. The van der Waals surface area contributed by atoms with Crippen LogP contribution in [0.2, 0.25) is 10.0 Å². The largest absolute Gasteiger partial charge is 0.457 e. The van der Waals surface area contributed by atoms with Crippen LogP contribution < -0.4 is 10.1 Å². The third-order valence-electron chi connectivity index (χ3n) is 3.32. The molecule has 0 bridgehead atoms. The molecule has 0 saturated carbocycles. The van der Waals surface area contributed by atoms with E-state index in [-0.39, 0.29) is 0 Å². The maximum absolute atomic E-state index is 6.00. The van der Waals surface area contributed by atoms with Crippen molar-refractivity contribution in [2.24, 2.45) is 0 Å². The van der Waals surface area contributed by atoms with Gasteiger partial charge in [0.05, 0.1) is 10.0 Å². The predicted molar refractivity (Wildman–Crippen MR) is 96.7 cm³/mol. The minimum atomic E-state index is 0.545. The third-order valence-corrected chi connectivity index (χ3v) is 4.06. The number of anilines is 1. The Kier molecular flexibility index (Phi) is 5.06. The summed E-state index contributed by atoms with van der Waals surface area (Å²) in [6.45, 7) is 0.698. The highest BCUT2D eigenvalue weighted by Crippen LogP contribution is 2.26. The van der Waals surface area contributed by atoms with Crippen molar-refractivity contribution in [2.45, 2.75) is 6.54 Å². The Morgan fingerprint density at radius 1 is 0.739 bits per heavy atom. The van der Waals surface area contributed by atoms with Crippen LogP contribution in [0.25, 0.3) is 0 Å². The average molecular weight is 344 g/mol. The first-order valence-electron chi connectivity index (χ1n) is 7.21. The molecule has 116 valence electrons. The molecule has 3 aromatic carbocycles. The van der Waals surface area contributed by atoms with Gasteiger partial charge in [-0.15, -0.1) is 0 Å². The van der Waals surface area contributed by atoms with Crippen LogP contribution in [0.4, 0.5) is 5.69 Å². The van der Waals surface area contributed by atoms with E-state index in [0.29, 0.717) is 16.6 Å². The second-order valence-electron chi connectivity index (χ2n) is 5.04. The summed E-state index contributed by atoms with van der Waals surface area (Å²) in [7, 11) is 0. The number of halogens is 2. The molecule has 0 spiro atoms. The molecule has 0 atom stereocenters. The number of para-hydroxylation sites is 1. The Morgan fingerprint density at radius 2 is 1.43 bits per heavy atom. The van der Waals surface area contributed by atoms with Crippen LogP contribution in [0.3, 0.4) is 0 Å². The summed E-state index contributed by atoms with van der Waals surface area (Å²) in [4.78, 5) is 0. The van der Waals surface area contributed by atoms with Gasteiger partial charge in [-0.25, -0.2) is 0 Å². The summed E-state index contributed by atoms with van der Waals surface area (Å²) in [6.07, 6.45) is 0. The first-order chi connectivity index (χ1) is 11.2. The maximum Gasteiger partial charge on any atom is 0.127 e. The van der Waals surface area contributed by atoms with Gasteiger partial charge in [-0.1, -0.05) is 53.5 Å². The lowest BCUT2D eigenvalue weighted by molar-refractivity contribution is 0.482. The van der Waals surface area contributed by atoms with Crippen LogP contribution in [0.5, 0.6) is 11.5 Å². The molecule has 1 N–H and O–H groups in total. The normalized spacial score (nSPS) is 10.3. The van der Waals surface area contributed by atoms with E-state index in [4.69, 9.17) is 27.9 Å². The smallest absolute Gasteiger partial charge is 0.127 e. The molecule has 0 fully saturated rings. The van der Waals surface area contributed by atoms with Crippen LogP contribution in [0.1, 0.15) is 5.56 Å². The predicted octanol–water partition coefficient (Wildman–Crippen LogP) is 6.40. The minimum absolute atomic E-state index is 0.545. The van der Waals surface area contributed by atoms with E-state index in [0.717, 1.165) is 22.7 Å². The van der Waals surface area contributed by atoms with E-state index in [1.165, 1.54) is 0 Å². The van der Waals surface area contributed by atoms with Crippen molar-refractivity contribution in [2.75, 3.05) is 5.32 Å². The van der Waals surface area contributed by atoms with Crippen LogP contribution in [0.15, 0.2) is 72.8 Å². The molecule has 0 heterocycles. The van der Waals surface area contributed by atoms with Crippen molar-refractivity contribution in [1.29, 1.82) is 0 Å². The molecule has 4 heteroatoms. The summed E-state index contributed by atoms with van der Waals surface area (Å²) in [5.74, 6) is 1.64. The van der Waals surface area contributed by atoms with E-state index < -0.39 is 0 Å². The lowest BCUT2D eigenvalue weighted by Crippen LogP contribution is -1.99. The number of hydrogen-bond acceptors (Lipinski definition) is 2. The van der Waals surface area contributed by atoms with Gasteiger partial charge in [0.25, 0.3) is 0 Å². The highest BCUT2D eigenvalue weighted by atomic mass is 35.5. The maximum atomic E-state index is 6.00. The third kappa shape index (κ3) is 4.41. The van der Waals surface area contributed by atoms with Gasteiger partial charge in [0.1, 0.15) is 11.5 Å². The van der Waals surface area contributed by atoms with Gasteiger partial charge in [-0.2, -0.15) is 0 Å². The molecule has 2 nitrogen and oxygen atoms in total. The molecule has 23 heavy (non-hydrogen) atoms. The molecule has 0 unspecified atom stereocenters. The number of hydrogen-bond donors (Lipinski definition) is 1. The van der Waals surface area contributed by atoms with Crippen molar-refractivity contribution in [3.63, 3.8) is 0 Å². The number of nitrogens with one attached hydrogen (secondary N) is 1. The second kappa shape index (κ2) is 7.40. The zero-order valence-electron chi connectivity index (χ0n) is 12.3. The Bertz CT molecular complexity index is 773. The molecule has 0 radical (unpaired) electrons. The Balaban J connectivity index is 1.60. The molecule has 0 saturated heterocycles. The van der Waals surface area contributed by atoms with Gasteiger partial charge in [0, 0.05) is 12.2 Å². The van der Waals surface area contributed by atoms with E-state index >= 15 is 0 Å². The van der Waals surface area contributed by atoms with E-state index in [1.54, 1.807) is 6.07 Å². The number of ether oxygens (including phenoxy) is 1. The molecule has 3 aromatic rings. The lowest BCUT2D eigenvalue weighted by atomic mass is 10.2. The summed E-state index contributed by atoms with van der Waals surface area (Å²) < 4.78 is 5.77. The van der Waals surface area contributed by atoms with Crippen molar-refractivity contribution in [3.8, 4) is 11.5 Å². The topological polar surface area (TPSA) is 21.3 Å². The zero-order valence-corrected chi connectivity index (χ0v) is 13.8. The fraction of sp³-hybridized carbons (Fsp3) is 0.0526. The van der Waals surface area contributed by atoms with Gasteiger partial charge in [0.15, 0.2) is 0 Å². The summed E-state index contributed by atoms with van der Waals surface area (Å²) in [6, 6.07) is 23.2. The monoisotopic (exact) mass is 343 g/mol. The van der Waals surface area contributed by atoms with Gasteiger partial charge < -0.3 is 10.1 Å². The summed E-state index contributed by atoms with van der Waals surface area (Å²) in [5, 5.41) is 4.41. The standard InChI is InChI=1S/C19H15Cl2NO/c20-18-11-8-15(12-19(18)21)22-13-14-6-9-17(10-7-14)23-16-4-2-1-3-5-16/h1-12,22H,13H2. The minimum Gasteiger partial charge on any atom is -0.457 e. The average Bonchev–Trinajstić information content (AvgIpc) is 2.58. The molecular formula is C19H15Cl2NO. The van der Waals surface area contributed by atoms with E-state index in [9.17, 15) is 0 Å². The van der Waals surface area contributed by atoms with E-state index in [1.807, 2.05) is 66.7 Å². The van der Waals surface area contributed by atoms with Gasteiger partial charge >= 0.3 is 0 Å². The van der Waals surface area contributed by atoms with Crippen LogP contribution in [-0.2, 0) is 6.54 Å². The quantitative estimate of drug-likeness (QED) is 0.578. The van der Waals surface area contributed by atoms with Crippen molar-refractivity contribution < 1.29 is 4.74 Å². The second-order valence-corrected chi connectivity index (χ2v) is 5.86. The van der Waals surface area contributed by atoms with Gasteiger partial charge in [-0.05, 0) is 48.0 Å². The van der Waals surface area contributed by atoms with Crippen molar-refractivity contribution >= 4 is 28.9 Å². The van der Waals surface area contributed by atoms with Gasteiger partial charge in [0.2, 0.25) is 0 Å². The molecule has 0 aromatic heterocycles. The highest BCUT2D eigenvalue weighted by molar-refractivity contribution is 6.42. The zero-order chi connectivity index (χ0) is 16.1. The summed E-state index contributed by atoms with van der Waals surface area (Å²) in [5.41, 5.74) is 2.08. The Morgan fingerprint density at radius 3 is 2.13 bits per heavy atom. The SMILES string of the molecule is Clc1ccc(NCc2ccc(Oc3ccccc3)cc2)cc1Cl. The molecule has 3 rings (SSSR count). The van der Waals surface area contributed by atoms with Crippen molar-refractivity contribution in [1.82, 2.24) is 0 Å². The molecule has 0 amide bonds. The molecule has 0 aliphatic carbocycles. The highest BCUT2D eigenvalue weighted by Gasteiger charge is 2.01. The van der Waals surface area contributed by atoms with Crippen LogP contribution in [-0.4, -0.2) is 0 Å². The molecule has 0 aliphatic heterocycles. The molecule has 0 aliphatic rings. The molecular weight excluding hydrogens is 329 g/mol. The summed E-state index contributed by atoms with van der Waals surface area (Å²) >= 11 is 11.9.